The number of benzene rings is 2. The predicted octanol–water partition coefficient (Wildman–Crippen LogP) is 1.64. The lowest BCUT2D eigenvalue weighted by molar-refractivity contribution is -0.137. The van der Waals surface area contributed by atoms with Crippen LogP contribution in [-0.2, 0) is 20.7 Å². The molecule has 0 spiro atoms. The molecular formula is C20H22N2O4. The SMILES string of the molecule is CNC(=O)CN(C)C(=O)COC(=O)c1ccccc1Cc1ccccc1. The number of ether oxygens (including phenoxy) is 1. The van der Waals surface area contributed by atoms with Gasteiger partial charge in [0.2, 0.25) is 5.91 Å². The second-order valence-corrected chi connectivity index (χ2v) is 5.82. The Morgan fingerprint density at radius 3 is 2.35 bits per heavy atom. The lowest BCUT2D eigenvalue weighted by atomic mass is 10.00. The molecule has 0 aromatic heterocycles. The highest BCUT2D eigenvalue weighted by Gasteiger charge is 2.17. The second-order valence-electron chi connectivity index (χ2n) is 5.82. The van der Waals surface area contributed by atoms with E-state index in [1.807, 2.05) is 42.5 Å². The molecule has 0 saturated heterocycles. The average molecular weight is 354 g/mol. The molecule has 0 saturated carbocycles. The summed E-state index contributed by atoms with van der Waals surface area (Å²) in [5.74, 6) is -1.29. The van der Waals surface area contributed by atoms with E-state index < -0.39 is 18.5 Å². The highest BCUT2D eigenvalue weighted by molar-refractivity contribution is 5.93. The molecule has 0 radical (unpaired) electrons. The van der Waals surface area contributed by atoms with Crippen molar-refractivity contribution in [2.45, 2.75) is 6.42 Å². The first-order valence-electron chi connectivity index (χ1n) is 8.24. The van der Waals surface area contributed by atoms with Crippen molar-refractivity contribution in [1.82, 2.24) is 10.2 Å². The van der Waals surface area contributed by atoms with Crippen molar-refractivity contribution in [3.63, 3.8) is 0 Å². The Morgan fingerprint density at radius 2 is 1.65 bits per heavy atom. The molecule has 6 heteroatoms. The van der Waals surface area contributed by atoms with Crippen LogP contribution < -0.4 is 5.32 Å². The predicted molar refractivity (Wildman–Crippen MR) is 97.7 cm³/mol. The van der Waals surface area contributed by atoms with Crippen LogP contribution in [0.4, 0.5) is 0 Å². The smallest absolute Gasteiger partial charge is 0.338 e. The van der Waals surface area contributed by atoms with Gasteiger partial charge in [-0.2, -0.15) is 0 Å². The highest BCUT2D eigenvalue weighted by Crippen LogP contribution is 2.15. The average Bonchev–Trinajstić information content (AvgIpc) is 2.66. The molecule has 0 aliphatic rings. The van der Waals surface area contributed by atoms with Gasteiger partial charge in [0.1, 0.15) is 0 Å². The third-order valence-corrected chi connectivity index (χ3v) is 3.89. The summed E-state index contributed by atoms with van der Waals surface area (Å²) in [6.45, 7) is -0.497. The molecule has 1 N–H and O–H groups in total. The van der Waals surface area contributed by atoms with Crippen molar-refractivity contribution >= 4 is 17.8 Å². The van der Waals surface area contributed by atoms with Crippen LogP contribution in [0.1, 0.15) is 21.5 Å². The third-order valence-electron chi connectivity index (χ3n) is 3.89. The van der Waals surface area contributed by atoms with Gasteiger partial charge in [-0.05, 0) is 23.6 Å². The first kappa shape index (κ1) is 19.2. The Hall–Kier alpha value is -3.15. The zero-order valence-electron chi connectivity index (χ0n) is 14.9. The molecule has 2 aromatic rings. The molecule has 2 amide bonds. The van der Waals surface area contributed by atoms with Crippen molar-refractivity contribution in [2.24, 2.45) is 0 Å². The lowest BCUT2D eigenvalue weighted by Gasteiger charge is -2.16. The van der Waals surface area contributed by atoms with E-state index >= 15 is 0 Å². The summed E-state index contributed by atoms with van der Waals surface area (Å²) in [6.07, 6.45) is 0.594. The lowest BCUT2D eigenvalue weighted by Crippen LogP contribution is -2.39. The fourth-order valence-electron chi connectivity index (χ4n) is 2.39. The first-order valence-corrected chi connectivity index (χ1v) is 8.24. The van der Waals surface area contributed by atoms with Crippen LogP contribution in [0.2, 0.25) is 0 Å². The first-order chi connectivity index (χ1) is 12.5. The fraction of sp³-hybridized carbons (Fsp3) is 0.250. The number of nitrogens with zero attached hydrogens (tertiary/aromatic N) is 1. The number of carbonyl (C=O) groups excluding carboxylic acids is 3. The molecule has 0 heterocycles. The molecular weight excluding hydrogens is 332 g/mol. The summed E-state index contributed by atoms with van der Waals surface area (Å²) in [4.78, 5) is 36.9. The van der Waals surface area contributed by atoms with Crippen LogP contribution in [0.3, 0.4) is 0 Å². The number of rotatable bonds is 7. The molecule has 2 rings (SSSR count). The third kappa shape index (κ3) is 5.44. The molecule has 6 nitrogen and oxygen atoms in total. The van der Waals surface area contributed by atoms with Gasteiger partial charge < -0.3 is 15.0 Å². The minimum absolute atomic E-state index is 0.0858. The van der Waals surface area contributed by atoms with Crippen molar-refractivity contribution in [1.29, 1.82) is 0 Å². The zero-order chi connectivity index (χ0) is 18.9. The van der Waals surface area contributed by atoms with Crippen LogP contribution in [-0.4, -0.2) is 49.9 Å². The van der Waals surface area contributed by atoms with Gasteiger partial charge in [0.25, 0.3) is 5.91 Å². The number of carbonyl (C=O) groups is 3. The molecule has 26 heavy (non-hydrogen) atoms. The monoisotopic (exact) mass is 354 g/mol. The molecule has 0 unspecified atom stereocenters. The van der Waals surface area contributed by atoms with Crippen LogP contribution in [0.5, 0.6) is 0 Å². The number of nitrogens with one attached hydrogen (secondary N) is 1. The summed E-state index contributed by atoms with van der Waals surface area (Å²) in [6, 6.07) is 16.9. The van der Waals surface area contributed by atoms with E-state index in [0.717, 1.165) is 11.1 Å². The number of hydrogen-bond acceptors (Lipinski definition) is 4. The van der Waals surface area contributed by atoms with E-state index in [1.165, 1.54) is 19.0 Å². The van der Waals surface area contributed by atoms with Gasteiger partial charge >= 0.3 is 5.97 Å². The maximum atomic E-state index is 12.4. The van der Waals surface area contributed by atoms with E-state index in [0.29, 0.717) is 12.0 Å². The summed E-state index contributed by atoms with van der Waals surface area (Å²) >= 11 is 0. The van der Waals surface area contributed by atoms with Crippen molar-refractivity contribution in [3.8, 4) is 0 Å². The van der Waals surface area contributed by atoms with Gasteiger partial charge in [0.05, 0.1) is 12.1 Å². The van der Waals surface area contributed by atoms with Crippen LogP contribution >= 0.6 is 0 Å². The maximum Gasteiger partial charge on any atom is 0.338 e. The van der Waals surface area contributed by atoms with Crippen LogP contribution in [0.15, 0.2) is 54.6 Å². The van der Waals surface area contributed by atoms with Gasteiger partial charge in [0.15, 0.2) is 6.61 Å². The van der Waals surface area contributed by atoms with E-state index in [9.17, 15) is 14.4 Å². The van der Waals surface area contributed by atoms with Gasteiger partial charge in [-0.3, -0.25) is 9.59 Å². The van der Waals surface area contributed by atoms with Crippen molar-refractivity contribution < 1.29 is 19.1 Å². The van der Waals surface area contributed by atoms with E-state index in [2.05, 4.69) is 5.32 Å². The van der Waals surface area contributed by atoms with Gasteiger partial charge in [-0.25, -0.2) is 4.79 Å². The molecule has 2 aromatic carbocycles. The normalized spacial score (nSPS) is 10.1. The number of esters is 1. The van der Waals surface area contributed by atoms with Gasteiger partial charge in [-0.1, -0.05) is 48.5 Å². The Labute approximate surface area is 152 Å². The minimum Gasteiger partial charge on any atom is -0.452 e. The summed E-state index contributed by atoms with van der Waals surface area (Å²) in [7, 11) is 2.97. The largest absolute Gasteiger partial charge is 0.452 e. The van der Waals surface area contributed by atoms with Gasteiger partial charge in [-0.15, -0.1) is 0 Å². The summed E-state index contributed by atoms with van der Waals surface area (Å²) < 4.78 is 5.14. The Bertz CT molecular complexity index is 774. The molecule has 0 bridgehead atoms. The quantitative estimate of drug-likeness (QED) is 0.767. The van der Waals surface area contributed by atoms with E-state index in [1.54, 1.807) is 12.1 Å². The van der Waals surface area contributed by atoms with E-state index in [4.69, 9.17) is 4.74 Å². The topological polar surface area (TPSA) is 75.7 Å². The Kier molecular flexibility index (Phi) is 6.91. The Morgan fingerprint density at radius 1 is 1.00 bits per heavy atom. The number of likely N-dealkylation sites (N-methyl/N-ethyl adjacent to an activating group) is 2. The van der Waals surface area contributed by atoms with Crippen LogP contribution in [0.25, 0.3) is 0 Å². The molecule has 0 fully saturated rings. The molecule has 0 aliphatic carbocycles. The fourth-order valence-corrected chi connectivity index (χ4v) is 2.39. The van der Waals surface area contributed by atoms with E-state index in [-0.39, 0.29) is 12.5 Å². The molecule has 136 valence electrons. The van der Waals surface area contributed by atoms with Crippen LogP contribution in [0, 0.1) is 0 Å². The molecule has 0 aliphatic heterocycles. The minimum atomic E-state index is -0.557. The molecule has 0 atom stereocenters. The van der Waals surface area contributed by atoms with Crippen molar-refractivity contribution in [3.05, 3.63) is 71.3 Å². The Balaban J connectivity index is 1.99. The summed E-state index contributed by atoms with van der Waals surface area (Å²) in [5.41, 5.74) is 2.34. The number of amides is 2. The maximum absolute atomic E-state index is 12.4. The second kappa shape index (κ2) is 9.36. The standard InChI is InChI=1S/C20H22N2O4/c1-21-18(23)13-22(2)19(24)14-26-20(25)17-11-7-6-10-16(17)12-15-8-4-3-5-9-15/h3-11H,12-14H2,1-2H3,(H,21,23). The van der Waals surface area contributed by atoms with Gasteiger partial charge in [0, 0.05) is 14.1 Å². The zero-order valence-corrected chi connectivity index (χ0v) is 14.9. The number of hydrogen-bond donors (Lipinski definition) is 1. The highest BCUT2D eigenvalue weighted by atomic mass is 16.5. The van der Waals surface area contributed by atoms with Crippen molar-refractivity contribution in [2.75, 3.05) is 27.2 Å². The summed E-state index contributed by atoms with van der Waals surface area (Å²) in [5, 5.41) is 2.43.